The van der Waals surface area contributed by atoms with E-state index in [9.17, 15) is 26.4 Å². The standard InChI is InChI=1S/C24H27F3N4O3S/c1-17-6-4-7-20(22(17)24(25,26)27)35(33,34)29-13-5-8-21(32)31(3)16-18-9-11-19(12-10-18)23-28-14-15-30(23)2/h4-12,29H,13-16H2,1-3H3/b8-5+. The molecule has 0 fully saturated rings. The fourth-order valence-corrected chi connectivity index (χ4v) is 4.98. The number of hydrogen-bond donors (Lipinski definition) is 1. The second-order valence-electron chi connectivity index (χ2n) is 8.22. The first-order valence-electron chi connectivity index (χ1n) is 10.8. The van der Waals surface area contributed by atoms with Crippen LogP contribution in [0.2, 0.25) is 0 Å². The maximum absolute atomic E-state index is 13.4. The van der Waals surface area contributed by atoms with Gasteiger partial charge in [-0.2, -0.15) is 13.2 Å². The summed E-state index contributed by atoms with van der Waals surface area (Å²) in [5, 5.41) is 0. The molecular formula is C24H27F3N4O3S. The zero-order valence-electron chi connectivity index (χ0n) is 19.6. The van der Waals surface area contributed by atoms with Gasteiger partial charge in [0.05, 0.1) is 17.0 Å². The van der Waals surface area contributed by atoms with Crippen molar-refractivity contribution < 1.29 is 26.4 Å². The molecule has 0 unspecified atom stereocenters. The van der Waals surface area contributed by atoms with Crippen molar-refractivity contribution in [1.29, 1.82) is 0 Å². The fourth-order valence-electron chi connectivity index (χ4n) is 3.71. The molecule has 1 aliphatic rings. The number of carbonyl (C=O) groups is 1. The maximum atomic E-state index is 13.4. The Morgan fingerprint density at radius 2 is 1.89 bits per heavy atom. The molecule has 7 nitrogen and oxygen atoms in total. The molecule has 3 rings (SSSR count). The Hall–Kier alpha value is -3.18. The van der Waals surface area contributed by atoms with Gasteiger partial charge in [0.15, 0.2) is 0 Å². The first kappa shape index (κ1) is 26.4. The quantitative estimate of drug-likeness (QED) is 0.556. The van der Waals surface area contributed by atoms with Crippen molar-refractivity contribution >= 4 is 21.8 Å². The molecular weight excluding hydrogens is 481 g/mol. The van der Waals surface area contributed by atoms with Crippen LogP contribution in [0.3, 0.4) is 0 Å². The van der Waals surface area contributed by atoms with Gasteiger partial charge in [0, 0.05) is 45.4 Å². The molecule has 1 aliphatic heterocycles. The Labute approximate surface area is 203 Å². The van der Waals surface area contributed by atoms with E-state index in [-0.39, 0.29) is 18.0 Å². The van der Waals surface area contributed by atoms with Crippen LogP contribution in [0.25, 0.3) is 0 Å². The molecule has 0 atom stereocenters. The lowest BCUT2D eigenvalue weighted by Gasteiger charge is -2.17. The lowest BCUT2D eigenvalue weighted by molar-refractivity contribution is -0.140. The first-order chi connectivity index (χ1) is 16.4. The number of amides is 1. The molecule has 11 heteroatoms. The van der Waals surface area contributed by atoms with Crippen LogP contribution < -0.4 is 4.72 Å². The van der Waals surface area contributed by atoms with Gasteiger partial charge in [0.1, 0.15) is 5.84 Å². The Balaban J connectivity index is 1.57. The largest absolute Gasteiger partial charge is 0.417 e. The third-order valence-electron chi connectivity index (χ3n) is 5.53. The Morgan fingerprint density at radius 1 is 1.20 bits per heavy atom. The van der Waals surface area contributed by atoms with Crippen LogP contribution in [0, 0.1) is 6.92 Å². The Kier molecular flexibility index (Phi) is 8.01. The van der Waals surface area contributed by atoms with Gasteiger partial charge in [-0.3, -0.25) is 9.79 Å². The van der Waals surface area contributed by atoms with Crippen molar-refractivity contribution in [2.24, 2.45) is 4.99 Å². The summed E-state index contributed by atoms with van der Waals surface area (Å²) in [5.74, 6) is 0.555. The molecule has 1 amide bonds. The van der Waals surface area contributed by atoms with E-state index in [4.69, 9.17) is 0 Å². The molecule has 0 saturated carbocycles. The zero-order chi connectivity index (χ0) is 25.8. The molecule has 0 aliphatic carbocycles. The number of nitrogens with one attached hydrogen (secondary N) is 1. The van der Waals surface area contributed by atoms with E-state index in [1.807, 2.05) is 31.3 Å². The van der Waals surface area contributed by atoms with E-state index >= 15 is 0 Å². The highest BCUT2D eigenvalue weighted by Gasteiger charge is 2.38. The number of benzene rings is 2. The van der Waals surface area contributed by atoms with E-state index in [0.29, 0.717) is 6.54 Å². The summed E-state index contributed by atoms with van der Waals surface area (Å²) in [7, 11) is -0.858. The monoisotopic (exact) mass is 508 g/mol. The predicted octanol–water partition coefficient (Wildman–Crippen LogP) is 3.20. The van der Waals surface area contributed by atoms with E-state index in [2.05, 4.69) is 14.6 Å². The fraction of sp³-hybridized carbons (Fsp3) is 0.333. The number of rotatable bonds is 8. The molecule has 0 bridgehead atoms. The minimum Gasteiger partial charge on any atom is -0.358 e. The van der Waals surface area contributed by atoms with E-state index in [1.54, 1.807) is 7.05 Å². The Morgan fingerprint density at radius 3 is 2.49 bits per heavy atom. The van der Waals surface area contributed by atoms with Crippen LogP contribution in [-0.2, 0) is 27.5 Å². The lowest BCUT2D eigenvalue weighted by atomic mass is 10.1. The zero-order valence-corrected chi connectivity index (χ0v) is 20.4. The Bertz CT molecular complexity index is 1240. The molecule has 1 heterocycles. The van der Waals surface area contributed by atoms with Crippen molar-refractivity contribution in [2.75, 3.05) is 33.7 Å². The van der Waals surface area contributed by atoms with Gasteiger partial charge in [0.25, 0.3) is 0 Å². The number of carbonyl (C=O) groups excluding carboxylic acids is 1. The molecule has 2 aromatic carbocycles. The molecule has 0 saturated heterocycles. The summed E-state index contributed by atoms with van der Waals surface area (Å²) >= 11 is 0. The van der Waals surface area contributed by atoms with E-state index in [1.165, 1.54) is 36.1 Å². The number of alkyl halides is 3. The van der Waals surface area contributed by atoms with E-state index < -0.39 is 26.7 Å². The van der Waals surface area contributed by atoms with Crippen LogP contribution in [0.5, 0.6) is 0 Å². The predicted molar refractivity (Wildman–Crippen MR) is 127 cm³/mol. The van der Waals surface area contributed by atoms with E-state index in [0.717, 1.165) is 36.1 Å². The minimum absolute atomic E-state index is 0.191. The van der Waals surface area contributed by atoms with Crippen molar-refractivity contribution in [3.63, 3.8) is 0 Å². The summed E-state index contributed by atoms with van der Waals surface area (Å²) in [4.78, 5) is 19.5. The highest BCUT2D eigenvalue weighted by Crippen LogP contribution is 2.36. The van der Waals surface area contributed by atoms with Gasteiger partial charge >= 0.3 is 6.18 Å². The molecule has 2 aromatic rings. The summed E-state index contributed by atoms with van der Waals surface area (Å²) in [6.45, 7) is 2.84. The number of nitrogens with zero attached hydrogens (tertiary/aromatic N) is 3. The summed E-state index contributed by atoms with van der Waals surface area (Å²) in [5.41, 5.74) is 0.505. The van der Waals surface area contributed by atoms with Crippen LogP contribution in [-0.4, -0.2) is 63.7 Å². The van der Waals surface area contributed by atoms with Crippen LogP contribution in [0.1, 0.15) is 22.3 Å². The normalized spacial score (nSPS) is 14.5. The highest BCUT2D eigenvalue weighted by atomic mass is 32.2. The van der Waals surface area contributed by atoms with Crippen LogP contribution in [0.15, 0.2) is 64.5 Å². The van der Waals surface area contributed by atoms with Gasteiger partial charge in [-0.05, 0) is 24.1 Å². The summed E-state index contributed by atoms with van der Waals surface area (Å²) in [6.07, 6.45) is -2.38. The molecule has 0 radical (unpaired) electrons. The third-order valence-corrected chi connectivity index (χ3v) is 6.99. The minimum atomic E-state index is -4.82. The molecule has 35 heavy (non-hydrogen) atoms. The second-order valence-corrected chi connectivity index (χ2v) is 9.95. The lowest BCUT2D eigenvalue weighted by Crippen LogP contribution is -2.28. The number of aliphatic imine (C=N–C) groups is 1. The number of aryl methyl sites for hydroxylation is 1. The average molecular weight is 509 g/mol. The van der Waals surface area contributed by atoms with Crippen molar-refractivity contribution in [3.05, 3.63) is 76.9 Å². The average Bonchev–Trinajstić information content (AvgIpc) is 3.22. The number of halogens is 3. The number of hydrogen-bond acceptors (Lipinski definition) is 5. The van der Waals surface area contributed by atoms with Crippen molar-refractivity contribution in [1.82, 2.24) is 14.5 Å². The van der Waals surface area contributed by atoms with Gasteiger partial charge in [-0.1, -0.05) is 42.5 Å². The molecule has 0 aromatic heterocycles. The van der Waals surface area contributed by atoms with Crippen LogP contribution >= 0.6 is 0 Å². The second kappa shape index (κ2) is 10.6. The van der Waals surface area contributed by atoms with Crippen molar-refractivity contribution in [2.45, 2.75) is 24.5 Å². The summed E-state index contributed by atoms with van der Waals surface area (Å²) < 4.78 is 67.1. The SMILES string of the molecule is Cc1cccc(S(=O)(=O)NC/C=C/C(=O)N(C)Cc2ccc(C3=NCCN3C)cc2)c1C(F)(F)F. The van der Waals surface area contributed by atoms with Gasteiger partial charge in [-0.25, -0.2) is 13.1 Å². The maximum Gasteiger partial charge on any atom is 0.417 e. The van der Waals surface area contributed by atoms with Crippen LogP contribution in [0.4, 0.5) is 13.2 Å². The number of likely N-dealkylation sites (N-methyl/N-ethyl adjacent to an activating group) is 2. The molecule has 1 N–H and O–H groups in total. The van der Waals surface area contributed by atoms with Gasteiger partial charge < -0.3 is 9.80 Å². The number of amidine groups is 1. The smallest absolute Gasteiger partial charge is 0.358 e. The molecule has 188 valence electrons. The summed E-state index contributed by atoms with van der Waals surface area (Å²) in [6, 6.07) is 11.1. The van der Waals surface area contributed by atoms with Gasteiger partial charge in [0.2, 0.25) is 15.9 Å². The molecule has 0 spiro atoms. The third kappa shape index (κ3) is 6.49. The topological polar surface area (TPSA) is 82.1 Å². The first-order valence-corrected chi connectivity index (χ1v) is 12.3. The van der Waals surface area contributed by atoms with Gasteiger partial charge in [-0.15, -0.1) is 0 Å². The highest BCUT2D eigenvalue weighted by molar-refractivity contribution is 7.89. The number of sulfonamides is 1. The van der Waals surface area contributed by atoms with Crippen molar-refractivity contribution in [3.8, 4) is 0 Å².